The summed E-state index contributed by atoms with van der Waals surface area (Å²) in [5.74, 6) is 1.81. The van der Waals surface area contributed by atoms with Gasteiger partial charge in [0.15, 0.2) is 17.5 Å². The van der Waals surface area contributed by atoms with Gasteiger partial charge in [0.25, 0.3) is 5.91 Å². The summed E-state index contributed by atoms with van der Waals surface area (Å²) in [5, 5.41) is 9.59. The molecule has 2 aromatic heterocycles. The van der Waals surface area contributed by atoms with Crippen LogP contribution in [0.25, 0.3) is 22.6 Å². The first-order valence-electron chi connectivity index (χ1n) is 8.70. The van der Waals surface area contributed by atoms with Gasteiger partial charge in [-0.15, -0.1) is 0 Å². The Morgan fingerprint density at radius 2 is 2.22 bits per heavy atom. The molecular formula is C18H17N7O2. The number of anilines is 2. The number of fused-ring (bicyclic) bond motifs is 3. The fourth-order valence-corrected chi connectivity index (χ4v) is 3.51. The average Bonchev–Trinajstić information content (AvgIpc) is 3.23. The van der Waals surface area contributed by atoms with Crippen molar-refractivity contribution in [3.05, 3.63) is 36.3 Å². The van der Waals surface area contributed by atoms with Gasteiger partial charge in [0.05, 0.1) is 25.1 Å². The predicted octanol–water partition coefficient (Wildman–Crippen LogP) is 1.39. The molecule has 0 saturated carbocycles. The fourth-order valence-electron chi connectivity index (χ4n) is 3.51. The third-order valence-corrected chi connectivity index (χ3v) is 4.89. The molecule has 5 rings (SSSR count). The maximum Gasteiger partial charge on any atom is 0.250 e. The van der Waals surface area contributed by atoms with Crippen LogP contribution >= 0.6 is 0 Å². The van der Waals surface area contributed by atoms with E-state index in [2.05, 4.69) is 25.5 Å². The number of rotatable bonds is 2. The highest BCUT2D eigenvalue weighted by atomic mass is 16.5. The van der Waals surface area contributed by atoms with Crippen molar-refractivity contribution < 1.29 is 9.53 Å². The Labute approximate surface area is 154 Å². The van der Waals surface area contributed by atoms with Crippen LogP contribution in [0.1, 0.15) is 5.56 Å². The monoisotopic (exact) mass is 363 g/mol. The molecule has 3 aromatic rings. The molecule has 0 spiro atoms. The van der Waals surface area contributed by atoms with Crippen molar-refractivity contribution in [3.63, 3.8) is 0 Å². The maximum absolute atomic E-state index is 12.2. The third-order valence-electron chi connectivity index (χ3n) is 4.89. The van der Waals surface area contributed by atoms with E-state index < -0.39 is 0 Å². The highest BCUT2D eigenvalue weighted by Crippen LogP contribution is 2.33. The Kier molecular flexibility index (Phi) is 3.61. The largest absolute Gasteiger partial charge is 0.377 e. The number of carbonyl (C=O) groups is 1. The van der Waals surface area contributed by atoms with Crippen LogP contribution < -0.4 is 10.2 Å². The number of nitrogens with zero attached hydrogens (tertiary/aromatic N) is 5. The van der Waals surface area contributed by atoms with Crippen LogP contribution in [0, 0.1) is 6.92 Å². The van der Waals surface area contributed by atoms with Crippen molar-refractivity contribution in [3.8, 4) is 22.6 Å². The first-order valence-corrected chi connectivity index (χ1v) is 8.70. The Hall–Kier alpha value is -3.33. The molecule has 136 valence electrons. The van der Waals surface area contributed by atoms with E-state index in [1.54, 1.807) is 6.20 Å². The summed E-state index contributed by atoms with van der Waals surface area (Å²) in [6, 6.07) is 5.66. The number of hydrogen-bond donors (Lipinski definition) is 2. The Balaban J connectivity index is 1.54. The summed E-state index contributed by atoms with van der Waals surface area (Å²) < 4.78 is 5.44. The zero-order valence-corrected chi connectivity index (χ0v) is 14.6. The van der Waals surface area contributed by atoms with E-state index in [0.717, 1.165) is 28.2 Å². The smallest absolute Gasteiger partial charge is 0.250 e. The van der Waals surface area contributed by atoms with E-state index in [1.807, 2.05) is 30.0 Å². The molecule has 1 aromatic carbocycles. The summed E-state index contributed by atoms with van der Waals surface area (Å²) in [6.45, 7) is 3.57. The zero-order valence-electron chi connectivity index (χ0n) is 14.6. The van der Waals surface area contributed by atoms with Gasteiger partial charge in [-0.25, -0.2) is 15.0 Å². The molecule has 0 radical (unpaired) electrons. The number of nitrogens with one attached hydrogen (secondary N) is 2. The van der Waals surface area contributed by atoms with Crippen LogP contribution in [0.5, 0.6) is 0 Å². The van der Waals surface area contributed by atoms with Crippen LogP contribution in [-0.4, -0.2) is 56.9 Å². The number of benzene rings is 1. The number of aryl methyl sites for hydroxylation is 1. The van der Waals surface area contributed by atoms with Crippen molar-refractivity contribution in [2.75, 3.05) is 30.0 Å². The molecule has 2 N–H and O–H groups in total. The van der Waals surface area contributed by atoms with Gasteiger partial charge in [-0.3, -0.25) is 9.89 Å². The molecule has 27 heavy (non-hydrogen) atoms. The summed E-state index contributed by atoms with van der Waals surface area (Å²) in [5.41, 5.74) is 3.75. The number of ether oxygens (including phenoxy) is 1. The second kappa shape index (κ2) is 6.13. The van der Waals surface area contributed by atoms with Crippen LogP contribution in [-0.2, 0) is 9.53 Å². The summed E-state index contributed by atoms with van der Waals surface area (Å²) in [6.07, 6.45) is 3.18. The molecule has 1 amide bonds. The quantitative estimate of drug-likeness (QED) is 0.708. The summed E-state index contributed by atoms with van der Waals surface area (Å²) >= 11 is 0. The van der Waals surface area contributed by atoms with E-state index in [-0.39, 0.29) is 11.9 Å². The van der Waals surface area contributed by atoms with Gasteiger partial charge in [-0.05, 0) is 18.6 Å². The average molecular weight is 363 g/mol. The van der Waals surface area contributed by atoms with Crippen molar-refractivity contribution >= 4 is 17.5 Å². The molecule has 9 heteroatoms. The molecule has 2 aliphatic heterocycles. The van der Waals surface area contributed by atoms with E-state index in [9.17, 15) is 4.79 Å². The van der Waals surface area contributed by atoms with Crippen molar-refractivity contribution in [2.45, 2.75) is 13.0 Å². The molecule has 1 unspecified atom stereocenters. The number of aromatic nitrogens is 5. The number of hydrogen-bond acceptors (Lipinski definition) is 7. The van der Waals surface area contributed by atoms with Gasteiger partial charge in [0.1, 0.15) is 12.4 Å². The SMILES string of the molecule is Cc1cc(-c2ncn[nH]2)ccc1-c1cnc2c(n1)N1CCOCC1C(=O)N2. The Morgan fingerprint density at radius 3 is 3.04 bits per heavy atom. The normalized spacial score (nSPS) is 18.6. The second-order valence-electron chi connectivity index (χ2n) is 6.56. The minimum atomic E-state index is -0.356. The first-order chi connectivity index (χ1) is 13.2. The molecule has 0 aliphatic carbocycles. The summed E-state index contributed by atoms with van der Waals surface area (Å²) in [7, 11) is 0. The number of carbonyl (C=O) groups excluding carboxylic acids is 1. The molecular weight excluding hydrogens is 346 g/mol. The molecule has 2 aliphatic rings. The lowest BCUT2D eigenvalue weighted by atomic mass is 10.0. The standard InChI is InChI=1S/C18H17N7O2/c1-10-6-11(15-20-9-21-24-15)2-3-12(10)13-7-19-16-17(22-13)25-4-5-27-8-14(25)18(26)23-16/h2-3,6-7,9,14H,4-5,8H2,1H3,(H,19,23,26)(H,20,21,24). The minimum absolute atomic E-state index is 0.100. The number of H-pyrrole nitrogens is 1. The predicted molar refractivity (Wildman–Crippen MR) is 98.2 cm³/mol. The molecule has 9 nitrogen and oxygen atoms in total. The Bertz CT molecular complexity index is 1020. The lowest BCUT2D eigenvalue weighted by Gasteiger charge is -2.39. The van der Waals surface area contributed by atoms with Gasteiger partial charge in [-0.2, -0.15) is 5.10 Å². The molecule has 4 heterocycles. The topological polar surface area (TPSA) is 109 Å². The highest BCUT2D eigenvalue weighted by molar-refractivity contribution is 6.02. The van der Waals surface area contributed by atoms with Crippen molar-refractivity contribution in [1.82, 2.24) is 25.1 Å². The van der Waals surface area contributed by atoms with Crippen LogP contribution in [0.3, 0.4) is 0 Å². The number of aromatic amines is 1. The molecule has 1 fully saturated rings. The summed E-state index contributed by atoms with van der Waals surface area (Å²) in [4.78, 5) is 27.7. The molecule has 1 saturated heterocycles. The van der Waals surface area contributed by atoms with Crippen molar-refractivity contribution in [1.29, 1.82) is 0 Å². The van der Waals surface area contributed by atoms with E-state index in [4.69, 9.17) is 9.72 Å². The van der Waals surface area contributed by atoms with Crippen LogP contribution in [0.4, 0.5) is 11.6 Å². The minimum Gasteiger partial charge on any atom is -0.377 e. The van der Waals surface area contributed by atoms with E-state index in [1.165, 1.54) is 6.33 Å². The van der Waals surface area contributed by atoms with Crippen LogP contribution in [0.2, 0.25) is 0 Å². The lowest BCUT2D eigenvalue weighted by molar-refractivity contribution is -0.120. The van der Waals surface area contributed by atoms with Gasteiger partial charge >= 0.3 is 0 Å². The lowest BCUT2D eigenvalue weighted by Crippen LogP contribution is -2.55. The van der Waals surface area contributed by atoms with E-state index in [0.29, 0.717) is 31.4 Å². The van der Waals surface area contributed by atoms with Gasteiger partial charge < -0.3 is 15.0 Å². The molecule has 1 atom stereocenters. The first kappa shape index (κ1) is 15.9. The molecule has 0 bridgehead atoms. The zero-order chi connectivity index (χ0) is 18.4. The fraction of sp³-hybridized carbons (Fsp3) is 0.278. The second-order valence-corrected chi connectivity index (χ2v) is 6.56. The van der Waals surface area contributed by atoms with E-state index >= 15 is 0 Å². The highest BCUT2D eigenvalue weighted by Gasteiger charge is 2.37. The van der Waals surface area contributed by atoms with Gasteiger partial charge in [-0.1, -0.05) is 12.1 Å². The number of amides is 1. The van der Waals surface area contributed by atoms with Crippen molar-refractivity contribution in [2.24, 2.45) is 0 Å². The van der Waals surface area contributed by atoms with Gasteiger partial charge in [0, 0.05) is 17.7 Å². The third kappa shape index (κ3) is 2.63. The maximum atomic E-state index is 12.2. The Morgan fingerprint density at radius 1 is 1.30 bits per heavy atom. The van der Waals surface area contributed by atoms with Gasteiger partial charge in [0.2, 0.25) is 0 Å². The van der Waals surface area contributed by atoms with Crippen LogP contribution in [0.15, 0.2) is 30.7 Å². The number of morpholine rings is 1.